The summed E-state index contributed by atoms with van der Waals surface area (Å²) in [5.74, 6) is -2.06. The van der Waals surface area contributed by atoms with E-state index >= 15 is 0 Å². The third-order valence-corrected chi connectivity index (χ3v) is 4.73. The van der Waals surface area contributed by atoms with Gasteiger partial charge in [-0.25, -0.2) is 9.18 Å². The molecule has 1 saturated heterocycles. The second kappa shape index (κ2) is 6.34. The van der Waals surface area contributed by atoms with Crippen molar-refractivity contribution in [2.75, 3.05) is 11.5 Å². The van der Waals surface area contributed by atoms with E-state index in [0.29, 0.717) is 12.2 Å². The number of hydrogen-bond donors (Lipinski definition) is 2. The Labute approximate surface area is 126 Å². The van der Waals surface area contributed by atoms with Gasteiger partial charge in [0.2, 0.25) is 0 Å². The molecule has 7 heteroatoms. The second-order valence-corrected chi connectivity index (χ2v) is 6.09. The zero-order valence-corrected chi connectivity index (χ0v) is 12.4. The van der Waals surface area contributed by atoms with E-state index in [1.54, 1.807) is 0 Å². The average Bonchev–Trinajstić information content (AvgIpc) is 2.82. The molecule has 0 aromatic heterocycles. The smallest absolute Gasteiger partial charge is 0.327 e. The highest BCUT2D eigenvalue weighted by Gasteiger charge is 2.42. The molecule has 1 aromatic carbocycles. The third kappa shape index (κ3) is 3.12. The van der Waals surface area contributed by atoms with Crippen LogP contribution in [0.5, 0.6) is 0 Å². The lowest BCUT2D eigenvalue weighted by Gasteiger charge is -2.27. The van der Waals surface area contributed by atoms with E-state index in [1.165, 1.54) is 28.8 Å². The number of carboxylic acids is 1. The van der Waals surface area contributed by atoms with Gasteiger partial charge in [0.1, 0.15) is 11.9 Å². The number of carbonyl (C=O) groups is 2. The van der Waals surface area contributed by atoms with Gasteiger partial charge in [-0.3, -0.25) is 4.79 Å². The first-order chi connectivity index (χ1) is 9.95. The number of halogens is 1. The number of anilines is 1. The summed E-state index contributed by atoms with van der Waals surface area (Å²) in [7, 11) is 0. The van der Waals surface area contributed by atoms with Crippen LogP contribution in [0, 0.1) is 5.82 Å². The molecule has 114 valence electrons. The Hall–Kier alpha value is -1.76. The lowest BCUT2D eigenvalue weighted by Crippen LogP contribution is -2.45. The molecule has 1 aliphatic heterocycles. The van der Waals surface area contributed by atoms with Gasteiger partial charge in [-0.15, -0.1) is 11.8 Å². The fraction of sp³-hybridized carbons (Fsp3) is 0.429. The van der Waals surface area contributed by atoms with Crippen LogP contribution in [-0.4, -0.2) is 39.1 Å². The minimum atomic E-state index is -1.06. The lowest BCUT2D eigenvalue weighted by atomic mass is 10.1. The number of thioether (sulfide) groups is 1. The first-order valence-corrected chi connectivity index (χ1v) is 7.72. The topological polar surface area (TPSA) is 83.6 Å². The molecule has 1 amide bonds. The zero-order valence-electron chi connectivity index (χ0n) is 11.6. The Morgan fingerprint density at radius 3 is 2.81 bits per heavy atom. The maximum atomic E-state index is 13.9. The average molecular weight is 312 g/mol. The summed E-state index contributed by atoms with van der Waals surface area (Å²) in [6.07, 6.45) is 1.49. The molecule has 1 fully saturated rings. The molecule has 1 aliphatic rings. The fourth-order valence-electron chi connectivity index (χ4n) is 2.34. The highest BCUT2D eigenvalue weighted by molar-refractivity contribution is 8.00. The van der Waals surface area contributed by atoms with Gasteiger partial charge in [0, 0.05) is 11.4 Å². The summed E-state index contributed by atoms with van der Waals surface area (Å²) in [6.45, 7) is 1.96. The summed E-state index contributed by atoms with van der Waals surface area (Å²) in [6, 6.07) is 2.89. The number of nitrogen functional groups attached to an aromatic ring is 1. The number of hydrogen-bond acceptors (Lipinski definition) is 4. The standard InChI is InChI=1S/C14H17FN2O3S/c1-2-3-12-17(11(7-21-12)14(19)20)13(18)9-5-4-8(16)6-10(9)15/h4-6,11-12H,2-3,7,16H2,1H3,(H,19,20). The molecule has 0 bridgehead atoms. The van der Waals surface area contributed by atoms with Crippen LogP contribution < -0.4 is 5.73 Å². The minimum absolute atomic E-state index is 0.140. The van der Waals surface area contributed by atoms with Gasteiger partial charge in [-0.2, -0.15) is 0 Å². The maximum absolute atomic E-state index is 13.9. The van der Waals surface area contributed by atoms with Crippen LogP contribution in [-0.2, 0) is 4.79 Å². The van der Waals surface area contributed by atoms with Gasteiger partial charge in [0.05, 0.1) is 10.9 Å². The number of nitrogens with zero attached hydrogens (tertiary/aromatic N) is 1. The number of benzene rings is 1. The van der Waals surface area contributed by atoms with Gasteiger partial charge in [-0.1, -0.05) is 13.3 Å². The first-order valence-electron chi connectivity index (χ1n) is 6.67. The molecule has 0 radical (unpaired) electrons. The summed E-state index contributed by atoms with van der Waals surface area (Å²) in [4.78, 5) is 25.1. The Balaban J connectivity index is 2.34. The van der Waals surface area contributed by atoms with Gasteiger partial charge in [0.15, 0.2) is 0 Å². The lowest BCUT2D eigenvalue weighted by molar-refractivity contribution is -0.141. The molecule has 2 unspecified atom stereocenters. The fourth-order valence-corrected chi connectivity index (χ4v) is 3.85. The SMILES string of the molecule is CCCC1SCC(C(=O)O)N1C(=O)c1ccc(N)cc1F. The number of carboxylic acid groups (broad SMARTS) is 1. The van der Waals surface area contributed by atoms with Crippen molar-refractivity contribution in [3.63, 3.8) is 0 Å². The van der Waals surface area contributed by atoms with Crippen molar-refractivity contribution >= 4 is 29.3 Å². The molecular formula is C14H17FN2O3S. The number of rotatable bonds is 4. The van der Waals surface area contributed by atoms with E-state index in [-0.39, 0.29) is 16.6 Å². The van der Waals surface area contributed by atoms with E-state index in [1.807, 2.05) is 6.92 Å². The number of carbonyl (C=O) groups excluding carboxylic acids is 1. The van der Waals surface area contributed by atoms with Crippen molar-refractivity contribution in [1.29, 1.82) is 0 Å². The van der Waals surface area contributed by atoms with Crippen LogP contribution >= 0.6 is 11.8 Å². The first kappa shape index (κ1) is 15.6. The molecule has 3 N–H and O–H groups in total. The van der Waals surface area contributed by atoms with Crippen LogP contribution in [0.1, 0.15) is 30.1 Å². The van der Waals surface area contributed by atoms with Gasteiger partial charge >= 0.3 is 5.97 Å². The van der Waals surface area contributed by atoms with E-state index in [4.69, 9.17) is 5.73 Å². The quantitative estimate of drug-likeness (QED) is 0.833. The normalized spacial score (nSPS) is 21.5. The molecule has 1 aromatic rings. The molecule has 0 spiro atoms. The predicted octanol–water partition coefficient (Wildman–Crippen LogP) is 2.18. The van der Waals surface area contributed by atoms with E-state index in [0.717, 1.165) is 12.5 Å². The summed E-state index contributed by atoms with van der Waals surface area (Å²) < 4.78 is 13.9. The van der Waals surface area contributed by atoms with Crippen molar-refractivity contribution in [3.8, 4) is 0 Å². The highest BCUT2D eigenvalue weighted by atomic mass is 32.2. The second-order valence-electron chi connectivity index (χ2n) is 4.88. The molecule has 0 saturated carbocycles. The maximum Gasteiger partial charge on any atom is 0.327 e. The van der Waals surface area contributed by atoms with Crippen LogP contribution in [0.3, 0.4) is 0 Å². The molecule has 2 rings (SSSR count). The summed E-state index contributed by atoms with van der Waals surface area (Å²) in [5.41, 5.74) is 5.55. The van der Waals surface area contributed by atoms with E-state index in [9.17, 15) is 19.1 Å². The van der Waals surface area contributed by atoms with E-state index in [2.05, 4.69) is 0 Å². The largest absolute Gasteiger partial charge is 0.480 e. The van der Waals surface area contributed by atoms with Crippen LogP contribution in [0.4, 0.5) is 10.1 Å². The molecule has 0 aliphatic carbocycles. The van der Waals surface area contributed by atoms with Crippen molar-refractivity contribution in [1.82, 2.24) is 4.90 Å². The van der Waals surface area contributed by atoms with Gasteiger partial charge < -0.3 is 15.7 Å². The number of amides is 1. The molecular weight excluding hydrogens is 295 g/mol. The number of nitrogens with two attached hydrogens (primary N) is 1. The van der Waals surface area contributed by atoms with Crippen molar-refractivity contribution in [2.45, 2.75) is 31.2 Å². The Bertz CT molecular complexity index is 567. The van der Waals surface area contributed by atoms with Crippen molar-refractivity contribution in [3.05, 3.63) is 29.6 Å². The summed E-state index contributed by atoms with van der Waals surface area (Å²) >= 11 is 1.42. The Morgan fingerprint density at radius 1 is 1.52 bits per heavy atom. The van der Waals surface area contributed by atoms with Crippen molar-refractivity contribution in [2.24, 2.45) is 0 Å². The molecule has 2 atom stereocenters. The Kier molecular flexibility index (Phi) is 4.72. The van der Waals surface area contributed by atoms with Crippen molar-refractivity contribution < 1.29 is 19.1 Å². The van der Waals surface area contributed by atoms with Crippen LogP contribution in [0.2, 0.25) is 0 Å². The monoisotopic (exact) mass is 312 g/mol. The predicted molar refractivity (Wildman–Crippen MR) is 79.6 cm³/mol. The zero-order chi connectivity index (χ0) is 15.6. The molecule has 5 nitrogen and oxygen atoms in total. The van der Waals surface area contributed by atoms with Crippen LogP contribution in [0.25, 0.3) is 0 Å². The minimum Gasteiger partial charge on any atom is -0.480 e. The number of aliphatic carboxylic acids is 1. The van der Waals surface area contributed by atoms with Crippen LogP contribution in [0.15, 0.2) is 18.2 Å². The van der Waals surface area contributed by atoms with Gasteiger partial charge in [0.25, 0.3) is 5.91 Å². The Morgan fingerprint density at radius 2 is 2.24 bits per heavy atom. The summed E-state index contributed by atoms with van der Waals surface area (Å²) in [5, 5.41) is 9.02. The third-order valence-electron chi connectivity index (χ3n) is 3.37. The highest BCUT2D eigenvalue weighted by Crippen LogP contribution is 2.34. The molecule has 21 heavy (non-hydrogen) atoms. The van der Waals surface area contributed by atoms with Gasteiger partial charge in [-0.05, 0) is 24.6 Å². The van der Waals surface area contributed by atoms with E-state index < -0.39 is 23.7 Å². The molecule has 1 heterocycles.